The van der Waals surface area contributed by atoms with Crippen molar-refractivity contribution in [2.24, 2.45) is 5.73 Å². The Morgan fingerprint density at radius 2 is 2.24 bits per heavy atom. The van der Waals surface area contributed by atoms with Crippen molar-refractivity contribution in [3.05, 3.63) is 15.6 Å². The van der Waals surface area contributed by atoms with Crippen LogP contribution in [0.4, 0.5) is 0 Å². The first kappa shape index (κ1) is 14.1. The molecular formula is C12H21N3OS. The number of hydrogen-bond donors (Lipinski definition) is 2. The molecule has 0 aliphatic carbocycles. The monoisotopic (exact) mass is 255 g/mol. The summed E-state index contributed by atoms with van der Waals surface area (Å²) in [6.45, 7) is 6.66. The summed E-state index contributed by atoms with van der Waals surface area (Å²) in [5.41, 5.74) is 6.79. The Bertz CT molecular complexity index is 376. The number of thiazole rings is 1. The molecule has 0 aliphatic heterocycles. The fraction of sp³-hybridized carbons (Fsp3) is 0.667. The van der Waals surface area contributed by atoms with Crippen LogP contribution in [0.3, 0.4) is 0 Å². The van der Waals surface area contributed by atoms with Gasteiger partial charge in [0.2, 0.25) is 5.91 Å². The van der Waals surface area contributed by atoms with Gasteiger partial charge in [0.15, 0.2) is 0 Å². The predicted molar refractivity (Wildman–Crippen MR) is 71.2 cm³/mol. The second-order valence-corrected chi connectivity index (χ2v) is 5.47. The van der Waals surface area contributed by atoms with E-state index in [2.05, 4.69) is 10.3 Å². The molecule has 0 saturated heterocycles. The minimum absolute atomic E-state index is 0.0502. The first-order chi connectivity index (χ1) is 8.04. The van der Waals surface area contributed by atoms with Crippen molar-refractivity contribution in [2.45, 2.75) is 46.1 Å². The molecule has 5 heteroatoms. The maximum atomic E-state index is 11.6. The summed E-state index contributed by atoms with van der Waals surface area (Å²) in [4.78, 5) is 17.2. The predicted octanol–water partition coefficient (Wildman–Crippen LogP) is 1.55. The number of aryl methyl sites for hydroxylation is 2. The van der Waals surface area contributed by atoms with E-state index in [1.165, 1.54) is 4.88 Å². The van der Waals surface area contributed by atoms with Gasteiger partial charge in [-0.05, 0) is 20.3 Å². The molecule has 1 aromatic rings. The van der Waals surface area contributed by atoms with Crippen molar-refractivity contribution in [1.29, 1.82) is 0 Å². The number of aromatic nitrogens is 1. The van der Waals surface area contributed by atoms with Gasteiger partial charge in [0.25, 0.3) is 0 Å². The number of rotatable bonds is 6. The molecule has 0 fully saturated rings. The number of amides is 1. The third kappa shape index (κ3) is 4.44. The van der Waals surface area contributed by atoms with Crippen molar-refractivity contribution in [3.8, 4) is 0 Å². The smallest absolute Gasteiger partial charge is 0.236 e. The zero-order chi connectivity index (χ0) is 12.8. The molecule has 3 N–H and O–H groups in total. The molecule has 0 bridgehead atoms. The second kappa shape index (κ2) is 6.71. The number of nitrogens with zero attached hydrogens (tertiary/aromatic N) is 1. The normalized spacial score (nSPS) is 12.5. The zero-order valence-electron chi connectivity index (χ0n) is 10.7. The third-order valence-electron chi connectivity index (χ3n) is 2.59. The summed E-state index contributed by atoms with van der Waals surface area (Å²) in [7, 11) is 0. The molecule has 1 unspecified atom stereocenters. The lowest BCUT2D eigenvalue weighted by molar-refractivity contribution is -0.122. The molecule has 0 aromatic carbocycles. The molecule has 17 heavy (non-hydrogen) atoms. The van der Waals surface area contributed by atoms with Crippen LogP contribution in [0.1, 0.15) is 35.3 Å². The standard InChI is InChI=1S/C12H21N3OS/c1-4-5-10(13)12(16)14-7-6-11-8(2)15-9(3)17-11/h10H,4-7,13H2,1-3H3,(H,14,16). The Balaban J connectivity index is 2.33. The topological polar surface area (TPSA) is 68.0 Å². The third-order valence-corrected chi connectivity index (χ3v) is 3.72. The second-order valence-electron chi connectivity index (χ2n) is 4.18. The van der Waals surface area contributed by atoms with E-state index < -0.39 is 0 Å². The summed E-state index contributed by atoms with van der Waals surface area (Å²) in [6, 6.07) is -0.371. The van der Waals surface area contributed by atoms with Gasteiger partial charge in [0, 0.05) is 17.8 Å². The SMILES string of the molecule is CCCC(N)C(=O)NCCc1sc(C)nc1C. The van der Waals surface area contributed by atoms with Crippen molar-refractivity contribution >= 4 is 17.2 Å². The van der Waals surface area contributed by atoms with Crippen molar-refractivity contribution in [1.82, 2.24) is 10.3 Å². The van der Waals surface area contributed by atoms with E-state index in [-0.39, 0.29) is 11.9 Å². The highest BCUT2D eigenvalue weighted by atomic mass is 32.1. The minimum atomic E-state index is -0.371. The van der Waals surface area contributed by atoms with Gasteiger partial charge in [0.05, 0.1) is 16.7 Å². The van der Waals surface area contributed by atoms with Gasteiger partial charge in [-0.25, -0.2) is 4.98 Å². The van der Waals surface area contributed by atoms with Gasteiger partial charge in [-0.15, -0.1) is 11.3 Å². The van der Waals surface area contributed by atoms with Gasteiger partial charge in [-0.2, -0.15) is 0 Å². The van der Waals surface area contributed by atoms with Gasteiger partial charge in [-0.1, -0.05) is 13.3 Å². The Labute approximate surface area is 107 Å². The van der Waals surface area contributed by atoms with Crippen LogP contribution in [-0.4, -0.2) is 23.5 Å². The summed E-state index contributed by atoms with van der Waals surface area (Å²) in [6.07, 6.45) is 2.51. The Hall–Kier alpha value is -0.940. The van der Waals surface area contributed by atoms with E-state index in [1.54, 1.807) is 11.3 Å². The van der Waals surface area contributed by atoms with E-state index >= 15 is 0 Å². The maximum Gasteiger partial charge on any atom is 0.236 e. The quantitative estimate of drug-likeness (QED) is 0.810. The molecule has 1 atom stereocenters. The average molecular weight is 255 g/mol. The van der Waals surface area contributed by atoms with Crippen molar-refractivity contribution < 1.29 is 4.79 Å². The van der Waals surface area contributed by atoms with Crippen LogP contribution in [0, 0.1) is 13.8 Å². The number of carbonyl (C=O) groups is 1. The van der Waals surface area contributed by atoms with Crippen LogP contribution in [0.2, 0.25) is 0 Å². The van der Waals surface area contributed by atoms with Crippen LogP contribution in [0.15, 0.2) is 0 Å². The lowest BCUT2D eigenvalue weighted by Gasteiger charge is -2.10. The van der Waals surface area contributed by atoms with Gasteiger partial charge < -0.3 is 11.1 Å². The number of hydrogen-bond acceptors (Lipinski definition) is 4. The highest BCUT2D eigenvalue weighted by molar-refractivity contribution is 7.11. The lowest BCUT2D eigenvalue weighted by Crippen LogP contribution is -2.41. The molecule has 0 saturated carbocycles. The van der Waals surface area contributed by atoms with E-state index in [0.717, 1.165) is 30.0 Å². The highest BCUT2D eigenvalue weighted by Crippen LogP contribution is 2.16. The maximum absolute atomic E-state index is 11.6. The molecular weight excluding hydrogens is 234 g/mol. The first-order valence-corrected chi connectivity index (χ1v) is 6.82. The fourth-order valence-corrected chi connectivity index (χ4v) is 2.61. The van der Waals surface area contributed by atoms with Gasteiger partial charge >= 0.3 is 0 Å². The van der Waals surface area contributed by atoms with E-state index in [1.807, 2.05) is 20.8 Å². The number of nitrogens with one attached hydrogen (secondary N) is 1. The number of nitrogens with two attached hydrogens (primary N) is 1. The Kier molecular flexibility index (Phi) is 5.58. The van der Waals surface area contributed by atoms with E-state index in [0.29, 0.717) is 6.54 Å². The van der Waals surface area contributed by atoms with E-state index in [4.69, 9.17) is 5.73 Å². The Morgan fingerprint density at radius 3 is 2.76 bits per heavy atom. The van der Waals surface area contributed by atoms with Crippen LogP contribution in [0.25, 0.3) is 0 Å². The first-order valence-electron chi connectivity index (χ1n) is 6.00. The molecule has 0 aliphatic rings. The summed E-state index contributed by atoms with van der Waals surface area (Å²) >= 11 is 1.69. The van der Waals surface area contributed by atoms with Crippen LogP contribution in [0.5, 0.6) is 0 Å². The van der Waals surface area contributed by atoms with Crippen LogP contribution < -0.4 is 11.1 Å². The minimum Gasteiger partial charge on any atom is -0.354 e. The van der Waals surface area contributed by atoms with Crippen molar-refractivity contribution in [3.63, 3.8) is 0 Å². The molecule has 1 aromatic heterocycles. The Morgan fingerprint density at radius 1 is 1.53 bits per heavy atom. The summed E-state index contributed by atoms with van der Waals surface area (Å²) < 4.78 is 0. The zero-order valence-corrected chi connectivity index (χ0v) is 11.6. The molecule has 1 heterocycles. The van der Waals surface area contributed by atoms with Gasteiger partial charge in [-0.3, -0.25) is 4.79 Å². The largest absolute Gasteiger partial charge is 0.354 e. The molecule has 1 rings (SSSR count). The molecule has 0 radical (unpaired) electrons. The molecule has 0 spiro atoms. The molecule has 96 valence electrons. The number of carbonyl (C=O) groups excluding carboxylic acids is 1. The summed E-state index contributed by atoms with van der Waals surface area (Å²) in [5, 5.41) is 3.94. The van der Waals surface area contributed by atoms with Crippen LogP contribution in [-0.2, 0) is 11.2 Å². The fourth-order valence-electron chi connectivity index (χ4n) is 1.68. The highest BCUT2D eigenvalue weighted by Gasteiger charge is 2.11. The van der Waals surface area contributed by atoms with E-state index in [9.17, 15) is 4.79 Å². The lowest BCUT2D eigenvalue weighted by atomic mass is 10.1. The van der Waals surface area contributed by atoms with Gasteiger partial charge in [0.1, 0.15) is 0 Å². The summed E-state index contributed by atoms with van der Waals surface area (Å²) in [5.74, 6) is -0.0502. The molecule has 1 amide bonds. The molecule has 4 nitrogen and oxygen atoms in total. The van der Waals surface area contributed by atoms with Crippen molar-refractivity contribution in [2.75, 3.05) is 6.54 Å². The average Bonchev–Trinajstić information content (AvgIpc) is 2.57. The van der Waals surface area contributed by atoms with Crippen LogP contribution >= 0.6 is 11.3 Å².